The zero-order chi connectivity index (χ0) is 57.1. The molecular weight excluding hydrogens is 973 g/mol. The Morgan fingerprint density at radius 2 is 0.468 bits per heavy atom. The first kappa shape index (κ1) is 76.1. The van der Waals surface area contributed by atoms with E-state index in [-0.39, 0.29) is 31.1 Å². The summed E-state index contributed by atoms with van der Waals surface area (Å²) in [5.41, 5.74) is 0. The molecule has 1 unspecified atom stereocenters. The smallest absolute Gasteiger partial charge is 0.306 e. The van der Waals surface area contributed by atoms with Gasteiger partial charge in [0.25, 0.3) is 0 Å². The average molecular weight is 1110 g/mol. The van der Waals surface area contributed by atoms with Crippen molar-refractivity contribution >= 4 is 17.9 Å². The molecule has 0 rings (SSSR count). The van der Waals surface area contributed by atoms with E-state index >= 15 is 0 Å². The highest BCUT2D eigenvalue weighted by Crippen LogP contribution is 2.18. The molecule has 0 aromatic carbocycles. The minimum Gasteiger partial charge on any atom is -0.462 e. The fraction of sp³-hybridized carbons (Fsp3) is 0.822. The Hall–Kier alpha value is -2.89. The maximum absolute atomic E-state index is 12.9. The average Bonchev–Trinajstić information content (AvgIpc) is 3.45. The first-order valence-electron chi connectivity index (χ1n) is 34.8. The molecule has 0 N–H and O–H groups in total. The molecule has 79 heavy (non-hydrogen) atoms. The molecule has 0 saturated heterocycles. The van der Waals surface area contributed by atoms with Gasteiger partial charge in [0, 0.05) is 19.3 Å². The first-order valence-corrected chi connectivity index (χ1v) is 34.8. The molecule has 6 nitrogen and oxygen atoms in total. The Bertz CT molecular complexity index is 1410. The highest BCUT2D eigenvalue weighted by atomic mass is 16.6. The second kappa shape index (κ2) is 67.6. The van der Waals surface area contributed by atoms with Crippen LogP contribution in [0.5, 0.6) is 0 Å². The number of rotatable bonds is 64. The van der Waals surface area contributed by atoms with Crippen LogP contribution < -0.4 is 0 Å². The lowest BCUT2D eigenvalue weighted by atomic mass is 10.0. The molecule has 0 bridgehead atoms. The van der Waals surface area contributed by atoms with Crippen LogP contribution in [0.15, 0.2) is 60.8 Å². The van der Waals surface area contributed by atoms with Gasteiger partial charge in [-0.05, 0) is 103 Å². The molecule has 0 amide bonds. The number of hydrogen-bond acceptors (Lipinski definition) is 6. The van der Waals surface area contributed by atoms with E-state index < -0.39 is 6.10 Å². The number of ether oxygens (including phenoxy) is 3. The highest BCUT2D eigenvalue weighted by Gasteiger charge is 2.19. The van der Waals surface area contributed by atoms with Crippen molar-refractivity contribution in [2.45, 2.75) is 374 Å². The van der Waals surface area contributed by atoms with Gasteiger partial charge in [0.05, 0.1) is 0 Å². The van der Waals surface area contributed by atoms with Crippen molar-refractivity contribution in [3.05, 3.63) is 60.8 Å². The van der Waals surface area contributed by atoms with Crippen molar-refractivity contribution in [2.24, 2.45) is 0 Å². The number of esters is 3. The molecule has 1 atom stereocenters. The van der Waals surface area contributed by atoms with Crippen molar-refractivity contribution < 1.29 is 28.6 Å². The molecule has 0 aliphatic rings. The number of hydrogen-bond donors (Lipinski definition) is 0. The van der Waals surface area contributed by atoms with Crippen LogP contribution in [0, 0.1) is 0 Å². The third-order valence-electron chi connectivity index (χ3n) is 15.5. The zero-order valence-corrected chi connectivity index (χ0v) is 52.9. The van der Waals surface area contributed by atoms with Gasteiger partial charge in [-0.1, -0.05) is 306 Å². The molecule has 0 saturated carbocycles. The second-order valence-corrected chi connectivity index (χ2v) is 23.4. The number of unbranched alkanes of at least 4 members (excludes halogenated alkanes) is 43. The van der Waals surface area contributed by atoms with E-state index in [9.17, 15) is 14.4 Å². The van der Waals surface area contributed by atoms with Crippen LogP contribution in [0.1, 0.15) is 367 Å². The lowest BCUT2D eigenvalue weighted by Crippen LogP contribution is -2.30. The number of carbonyl (C=O) groups is 3. The van der Waals surface area contributed by atoms with Crippen LogP contribution in [-0.4, -0.2) is 37.2 Å². The van der Waals surface area contributed by atoms with E-state index in [2.05, 4.69) is 81.5 Å². The monoisotopic (exact) mass is 1110 g/mol. The van der Waals surface area contributed by atoms with Gasteiger partial charge in [-0.25, -0.2) is 0 Å². The van der Waals surface area contributed by atoms with Crippen molar-refractivity contribution in [3.8, 4) is 0 Å². The SMILES string of the molecule is CCCC/C=C\C/C=C\CCCCCCCC(=O)OC(COC(=O)CCCCCCC/C=C\CCCCCCC)COC(=O)CCCCCCCCCCCCCCCCCCCCCCC/C=C\C/C=C\CCCCCCC. The Morgan fingerprint density at radius 3 is 0.747 bits per heavy atom. The predicted molar refractivity (Wildman–Crippen MR) is 344 cm³/mol. The molecule has 6 heteroatoms. The molecule has 0 spiro atoms. The van der Waals surface area contributed by atoms with Crippen molar-refractivity contribution in [2.75, 3.05) is 13.2 Å². The second-order valence-electron chi connectivity index (χ2n) is 23.4. The standard InChI is InChI=1S/C73H132O6/c1-4-7-10-13-16-19-22-25-28-29-30-31-32-33-34-35-36-37-38-39-40-41-42-43-44-45-46-49-51-54-57-60-63-66-72(75)78-69-70(79-73(76)67-64-61-58-55-52-48-27-24-21-18-15-12-9-6-3)68-77-71(74)65-62-59-56-53-50-47-26-23-20-17-14-11-8-5-2/h15,18,22-27,29-30,70H,4-14,16-17,19-21,28,31-69H2,1-3H3/b18-15-,25-22-,26-23-,27-24-,30-29-. The van der Waals surface area contributed by atoms with Gasteiger partial charge in [-0.3, -0.25) is 14.4 Å². The summed E-state index contributed by atoms with van der Waals surface area (Å²) in [7, 11) is 0. The summed E-state index contributed by atoms with van der Waals surface area (Å²) in [6, 6.07) is 0. The van der Waals surface area contributed by atoms with Gasteiger partial charge in [0.1, 0.15) is 13.2 Å². The third kappa shape index (κ3) is 65.8. The van der Waals surface area contributed by atoms with Gasteiger partial charge in [-0.2, -0.15) is 0 Å². The van der Waals surface area contributed by atoms with Gasteiger partial charge >= 0.3 is 17.9 Å². The molecule has 0 aliphatic heterocycles. The van der Waals surface area contributed by atoms with Crippen LogP contribution in [0.2, 0.25) is 0 Å². The van der Waals surface area contributed by atoms with E-state index in [0.717, 1.165) is 96.3 Å². The zero-order valence-electron chi connectivity index (χ0n) is 52.9. The quantitative estimate of drug-likeness (QED) is 0.0261. The van der Waals surface area contributed by atoms with E-state index in [4.69, 9.17) is 14.2 Å². The van der Waals surface area contributed by atoms with E-state index in [1.165, 1.54) is 231 Å². The lowest BCUT2D eigenvalue weighted by Gasteiger charge is -2.18. The van der Waals surface area contributed by atoms with E-state index in [1.54, 1.807) is 0 Å². The topological polar surface area (TPSA) is 78.9 Å². The minimum absolute atomic E-state index is 0.0789. The summed E-state index contributed by atoms with van der Waals surface area (Å²) in [5, 5.41) is 0. The summed E-state index contributed by atoms with van der Waals surface area (Å²) in [6.45, 7) is 6.61. The van der Waals surface area contributed by atoms with Gasteiger partial charge in [0.2, 0.25) is 0 Å². The Kier molecular flexibility index (Phi) is 65.1. The summed E-state index contributed by atoms with van der Waals surface area (Å²) in [6.07, 6.45) is 86.9. The highest BCUT2D eigenvalue weighted by molar-refractivity contribution is 5.71. The number of allylic oxidation sites excluding steroid dienone is 10. The Morgan fingerprint density at radius 1 is 0.253 bits per heavy atom. The van der Waals surface area contributed by atoms with E-state index in [0.29, 0.717) is 19.3 Å². The Labute approximate surface area is 491 Å². The van der Waals surface area contributed by atoms with Crippen molar-refractivity contribution in [1.29, 1.82) is 0 Å². The van der Waals surface area contributed by atoms with Gasteiger partial charge in [-0.15, -0.1) is 0 Å². The lowest BCUT2D eigenvalue weighted by molar-refractivity contribution is -0.167. The molecule has 0 aliphatic carbocycles. The maximum atomic E-state index is 12.9. The molecule has 0 aromatic heterocycles. The maximum Gasteiger partial charge on any atom is 0.306 e. The fourth-order valence-corrected chi connectivity index (χ4v) is 10.2. The van der Waals surface area contributed by atoms with Crippen LogP contribution in [0.4, 0.5) is 0 Å². The van der Waals surface area contributed by atoms with Crippen LogP contribution in [0.3, 0.4) is 0 Å². The number of carbonyl (C=O) groups excluding carboxylic acids is 3. The molecule has 0 aromatic rings. The van der Waals surface area contributed by atoms with Gasteiger partial charge in [0.15, 0.2) is 6.10 Å². The fourth-order valence-electron chi connectivity index (χ4n) is 10.2. The molecule has 0 fully saturated rings. The van der Waals surface area contributed by atoms with E-state index in [1.807, 2.05) is 0 Å². The van der Waals surface area contributed by atoms with Crippen LogP contribution >= 0.6 is 0 Å². The summed E-state index contributed by atoms with van der Waals surface area (Å²) in [5.74, 6) is -0.883. The molecule has 0 heterocycles. The molecule has 460 valence electrons. The largest absolute Gasteiger partial charge is 0.462 e. The minimum atomic E-state index is -0.784. The third-order valence-corrected chi connectivity index (χ3v) is 15.5. The van der Waals surface area contributed by atoms with Crippen LogP contribution in [0.25, 0.3) is 0 Å². The normalized spacial score (nSPS) is 12.4. The summed E-state index contributed by atoms with van der Waals surface area (Å²) >= 11 is 0. The van der Waals surface area contributed by atoms with Crippen molar-refractivity contribution in [3.63, 3.8) is 0 Å². The van der Waals surface area contributed by atoms with Crippen molar-refractivity contribution in [1.82, 2.24) is 0 Å². The van der Waals surface area contributed by atoms with Gasteiger partial charge < -0.3 is 14.2 Å². The molecule has 0 radical (unpaired) electrons. The first-order chi connectivity index (χ1) is 39.0. The predicted octanol–water partition coefficient (Wildman–Crippen LogP) is 23.9. The van der Waals surface area contributed by atoms with Crippen LogP contribution in [-0.2, 0) is 28.6 Å². The molecular formula is C73H132O6. The summed E-state index contributed by atoms with van der Waals surface area (Å²) < 4.78 is 16.9. The Balaban J connectivity index is 4.11. The summed E-state index contributed by atoms with van der Waals surface area (Å²) in [4.78, 5) is 38.3.